The quantitative estimate of drug-likeness (QED) is 0.898. The lowest BCUT2D eigenvalue weighted by Crippen LogP contribution is -2.15. The van der Waals surface area contributed by atoms with E-state index in [0.29, 0.717) is 16.2 Å². The van der Waals surface area contributed by atoms with E-state index in [0.717, 1.165) is 23.6 Å². The number of nitrogens with zero attached hydrogens (tertiary/aromatic N) is 1. The van der Waals surface area contributed by atoms with Crippen LogP contribution in [0.2, 0.25) is 0 Å². The summed E-state index contributed by atoms with van der Waals surface area (Å²) >= 11 is 3.35. The number of aromatic nitrogens is 2. The lowest BCUT2D eigenvalue weighted by molar-refractivity contribution is 0.631. The van der Waals surface area contributed by atoms with Gasteiger partial charge in [-0.2, -0.15) is 0 Å². The van der Waals surface area contributed by atoms with Crippen molar-refractivity contribution in [2.75, 3.05) is 0 Å². The van der Waals surface area contributed by atoms with Crippen LogP contribution in [0, 0.1) is 5.92 Å². The van der Waals surface area contributed by atoms with E-state index < -0.39 is 0 Å². The number of hydrogen-bond donors (Lipinski definition) is 1. The van der Waals surface area contributed by atoms with Gasteiger partial charge in [-0.1, -0.05) is 38.1 Å². The fraction of sp³-hybridized carbons (Fsp3) is 0.412. The maximum Gasteiger partial charge on any atom is 0.265 e. The summed E-state index contributed by atoms with van der Waals surface area (Å²) in [6.07, 6.45) is 3.38. The van der Waals surface area contributed by atoms with E-state index in [1.54, 1.807) is 0 Å². The van der Waals surface area contributed by atoms with E-state index in [9.17, 15) is 4.79 Å². The van der Waals surface area contributed by atoms with Gasteiger partial charge in [-0.05, 0) is 52.6 Å². The number of halogens is 1. The third-order valence-corrected chi connectivity index (χ3v) is 4.58. The Morgan fingerprint density at radius 3 is 2.52 bits per heavy atom. The van der Waals surface area contributed by atoms with E-state index in [4.69, 9.17) is 0 Å². The van der Waals surface area contributed by atoms with E-state index in [2.05, 4.69) is 64.0 Å². The molecule has 21 heavy (non-hydrogen) atoms. The predicted molar refractivity (Wildman–Crippen MR) is 88.5 cm³/mol. The Bertz CT molecular complexity index is 700. The SMILES string of the molecule is CC(C)Cc1nc(-c2ccc(C3CC3)cc2)[nH]c(=O)c1Br. The van der Waals surface area contributed by atoms with Crippen LogP contribution in [0.25, 0.3) is 11.4 Å². The highest BCUT2D eigenvalue weighted by molar-refractivity contribution is 9.10. The van der Waals surface area contributed by atoms with Crippen molar-refractivity contribution in [1.29, 1.82) is 0 Å². The third kappa shape index (κ3) is 3.26. The molecule has 3 nitrogen and oxygen atoms in total. The molecule has 1 aliphatic rings. The van der Waals surface area contributed by atoms with Crippen LogP contribution in [-0.4, -0.2) is 9.97 Å². The summed E-state index contributed by atoms with van der Waals surface area (Å²) in [7, 11) is 0. The lowest BCUT2D eigenvalue weighted by atomic mass is 10.1. The Morgan fingerprint density at radius 2 is 1.95 bits per heavy atom. The molecule has 0 saturated heterocycles. The van der Waals surface area contributed by atoms with Gasteiger partial charge in [-0.15, -0.1) is 0 Å². The number of hydrogen-bond acceptors (Lipinski definition) is 2. The van der Waals surface area contributed by atoms with Crippen molar-refractivity contribution in [3.05, 3.63) is 50.3 Å². The summed E-state index contributed by atoms with van der Waals surface area (Å²) in [5, 5.41) is 0. The zero-order valence-corrected chi connectivity index (χ0v) is 13.9. The van der Waals surface area contributed by atoms with Gasteiger partial charge in [0, 0.05) is 5.56 Å². The average molecular weight is 347 g/mol. The van der Waals surface area contributed by atoms with Crippen molar-refractivity contribution < 1.29 is 0 Å². The predicted octanol–water partition coefficient (Wildman–Crippen LogP) is 4.28. The van der Waals surface area contributed by atoms with Crippen LogP contribution in [0.15, 0.2) is 33.5 Å². The number of H-pyrrole nitrogens is 1. The van der Waals surface area contributed by atoms with Crippen LogP contribution in [-0.2, 0) is 6.42 Å². The molecule has 4 heteroatoms. The molecule has 0 aliphatic heterocycles. The first-order valence-electron chi connectivity index (χ1n) is 7.43. The molecule has 1 heterocycles. The summed E-state index contributed by atoms with van der Waals surface area (Å²) in [6.45, 7) is 4.25. The molecule has 0 atom stereocenters. The van der Waals surface area contributed by atoms with Crippen molar-refractivity contribution in [1.82, 2.24) is 9.97 Å². The van der Waals surface area contributed by atoms with E-state index in [1.165, 1.54) is 18.4 Å². The van der Waals surface area contributed by atoms with Crippen LogP contribution < -0.4 is 5.56 Å². The Hall–Kier alpha value is -1.42. The van der Waals surface area contributed by atoms with Crippen LogP contribution in [0.4, 0.5) is 0 Å². The largest absolute Gasteiger partial charge is 0.306 e. The molecule has 2 aromatic rings. The Kier molecular flexibility index (Phi) is 3.98. The zero-order chi connectivity index (χ0) is 15.0. The molecule has 1 saturated carbocycles. The molecule has 0 spiro atoms. The minimum atomic E-state index is -0.109. The van der Waals surface area contributed by atoms with Crippen molar-refractivity contribution in [3.63, 3.8) is 0 Å². The normalized spacial score (nSPS) is 14.7. The first-order chi connectivity index (χ1) is 10.0. The first kappa shape index (κ1) is 14.5. The third-order valence-electron chi connectivity index (χ3n) is 3.77. The Morgan fingerprint density at radius 1 is 1.29 bits per heavy atom. The van der Waals surface area contributed by atoms with Crippen molar-refractivity contribution in [2.45, 2.75) is 39.0 Å². The van der Waals surface area contributed by atoms with Gasteiger partial charge >= 0.3 is 0 Å². The second-order valence-electron chi connectivity index (χ2n) is 6.17. The van der Waals surface area contributed by atoms with Gasteiger partial charge in [0.2, 0.25) is 0 Å². The van der Waals surface area contributed by atoms with Crippen LogP contribution in [0.1, 0.15) is 43.9 Å². The van der Waals surface area contributed by atoms with Crippen molar-refractivity contribution in [2.24, 2.45) is 5.92 Å². The summed E-state index contributed by atoms with van der Waals surface area (Å²) in [6, 6.07) is 8.41. The highest BCUT2D eigenvalue weighted by Crippen LogP contribution is 2.40. The highest BCUT2D eigenvalue weighted by Gasteiger charge is 2.23. The standard InChI is InChI=1S/C17H19BrN2O/c1-10(2)9-14-15(18)17(21)20-16(19-14)13-7-5-12(6-8-13)11-3-4-11/h5-8,10-11H,3-4,9H2,1-2H3,(H,19,20,21). The van der Waals surface area contributed by atoms with E-state index in [1.807, 2.05) is 0 Å². The number of aromatic amines is 1. The molecule has 0 radical (unpaired) electrons. The summed E-state index contributed by atoms with van der Waals surface area (Å²) in [5.74, 6) is 1.86. The average Bonchev–Trinajstić information content (AvgIpc) is 3.28. The summed E-state index contributed by atoms with van der Waals surface area (Å²) in [4.78, 5) is 19.5. The maximum atomic E-state index is 12.1. The minimum absolute atomic E-state index is 0.109. The number of rotatable bonds is 4. The molecular weight excluding hydrogens is 328 g/mol. The van der Waals surface area contributed by atoms with Gasteiger partial charge < -0.3 is 4.98 Å². The maximum absolute atomic E-state index is 12.1. The van der Waals surface area contributed by atoms with Gasteiger partial charge in [0.25, 0.3) is 5.56 Å². The lowest BCUT2D eigenvalue weighted by Gasteiger charge is -2.09. The van der Waals surface area contributed by atoms with Gasteiger partial charge in [0.05, 0.1) is 5.69 Å². The fourth-order valence-corrected chi connectivity index (χ4v) is 2.84. The second kappa shape index (κ2) is 5.76. The van der Waals surface area contributed by atoms with Crippen LogP contribution in [0.5, 0.6) is 0 Å². The molecule has 0 bridgehead atoms. The number of benzene rings is 1. The highest BCUT2D eigenvalue weighted by atomic mass is 79.9. The smallest absolute Gasteiger partial charge is 0.265 e. The molecule has 1 aromatic carbocycles. The first-order valence-corrected chi connectivity index (χ1v) is 8.23. The van der Waals surface area contributed by atoms with Gasteiger partial charge in [-0.25, -0.2) is 4.98 Å². The van der Waals surface area contributed by atoms with Gasteiger partial charge in [-0.3, -0.25) is 4.79 Å². The number of nitrogens with one attached hydrogen (secondary N) is 1. The monoisotopic (exact) mass is 346 g/mol. The summed E-state index contributed by atoms with van der Waals surface area (Å²) in [5.41, 5.74) is 3.08. The molecule has 3 rings (SSSR count). The van der Waals surface area contributed by atoms with Crippen molar-refractivity contribution >= 4 is 15.9 Å². The Labute approximate surface area is 133 Å². The zero-order valence-electron chi connectivity index (χ0n) is 12.3. The van der Waals surface area contributed by atoms with Crippen LogP contribution in [0.3, 0.4) is 0 Å². The van der Waals surface area contributed by atoms with E-state index >= 15 is 0 Å². The fourth-order valence-electron chi connectivity index (χ4n) is 2.49. The van der Waals surface area contributed by atoms with Crippen LogP contribution >= 0.6 is 15.9 Å². The second-order valence-corrected chi connectivity index (χ2v) is 6.96. The minimum Gasteiger partial charge on any atom is -0.306 e. The molecule has 1 N–H and O–H groups in total. The molecule has 1 aromatic heterocycles. The van der Waals surface area contributed by atoms with Gasteiger partial charge in [0.1, 0.15) is 10.3 Å². The molecule has 0 unspecified atom stereocenters. The molecular formula is C17H19BrN2O. The Balaban J connectivity index is 1.97. The molecule has 0 amide bonds. The molecule has 1 fully saturated rings. The van der Waals surface area contributed by atoms with E-state index in [-0.39, 0.29) is 5.56 Å². The molecule has 1 aliphatic carbocycles. The van der Waals surface area contributed by atoms with Gasteiger partial charge in [0.15, 0.2) is 0 Å². The van der Waals surface area contributed by atoms with Crippen molar-refractivity contribution in [3.8, 4) is 11.4 Å². The molecule has 110 valence electrons. The topological polar surface area (TPSA) is 45.8 Å². The summed E-state index contributed by atoms with van der Waals surface area (Å²) < 4.78 is 0.551.